The lowest BCUT2D eigenvalue weighted by Gasteiger charge is -2.31. The van der Waals surface area contributed by atoms with Gasteiger partial charge in [-0.15, -0.1) is 0 Å². The van der Waals surface area contributed by atoms with Gasteiger partial charge in [-0.2, -0.15) is 4.98 Å². The summed E-state index contributed by atoms with van der Waals surface area (Å²) in [5.74, 6) is -4.34. The molecule has 0 bridgehead atoms. The maximum Gasteiger partial charge on any atom is 0.410 e. The molecule has 1 unspecified atom stereocenters. The Morgan fingerprint density at radius 1 is 1.00 bits per heavy atom. The number of halogens is 4. The van der Waals surface area contributed by atoms with E-state index in [9.17, 15) is 28.0 Å². The normalized spacial score (nSPS) is 15.0. The number of hydrogen-bond donors (Lipinski definition) is 1. The minimum atomic E-state index is -1.43. The van der Waals surface area contributed by atoms with E-state index >= 15 is 4.39 Å². The van der Waals surface area contributed by atoms with Crippen LogP contribution >= 0.6 is 11.6 Å². The average Bonchev–Trinajstić information content (AvgIpc) is 3.51. The number of pyridine rings is 1. The molecule has 3 aromatic carbocycles. The Hall–Kier alpha value is -6.56. The first kappa shape index (κ1) is 46.0. The van der Waals surface area contributed by atoms with Gasteiger partial charge in [0.05, 0.1) is 35.2 Å². The number of aldehydes is 1. The number of allylic oxidation sites excluding steroid dienone is 1. The van der Waals surface area contributed by atoms with Crippen molar-refractivity contribution < 1.29 is 32.2 Å². The summed E-state index contributed by atoms with van der Waals surface area (Å²) in [4.78, 5) is 63.8. The third-order valence-electron chi connectivity index (χ3n) is 10.2. The number of amides is 1. The molecule has 2 aliphatic rings. The summed E-state index contributed by atoms with van der Waals surface area (Å²) in [6.45, 7) is 4.71. The van der Waals surface area contributed by atoms with E-state index < -0.39 is 58.6 Å². The first-order valence-electron chi connectivity index (χ1n) is 19.6. The highest BCUT2D eigenvalue weighted by Gasteiger charge is 2.36. The van der Waals surface area contributed by atoms with Crippen LogP contribution in [-0.4, -0.2) is 99.9 Å². The van der Waals surface area contributed by atoms with Gasteiger partial charge in [0.1, 0.15) is 17.7 Å². The second-order valence-electron chi connectivity index (χ2n) is 15.8. The second kappa shape index (κ2) is 18.8. The van der Waals surface area contributed by atoms with Crippen LogP contribution in [0.5, 0.6) is 0 Å². The first-order chi connectivity index (χ1) is 29.9. The van der Waals surface area contributed by atoms with Crippen molar-refractivity contribution >= 4 is 40.7 Å². The number of nitrogens with one attached hydrogen (secondary N) is 1. The van der Waals surface area contributed by atoms with Crippen LogP contribution in [0.4, 0.5) is 23.9 Å². The van der Waals surface area contributed by atoms with Crippen LogP contribution in [-0.2, 0) is 16.0 Å². The molecule has 0 saturated carbocycles. The van der Waals surface area contributed by atoms with Crippen molar-refractivity contribution in [1.82, 2.24) is 34.0 Å². The largest absolute Gasteiger partial charge is 0.444 e. The average molecular weight is 887 g/mol. The molecule has 1 aliphatic carbocycles. The van der Waals surface area contributed by atoms with Crippen molar-refractivity contribution in [1.29, 1.82) is 0 Å². The maximum absolute atomic E-state index is 15.4. The van der Waals surface area contributed by atoms with Gasteiger partial charge in [0.25, 0.3) is 0 Å². The smallest absolute Gasteiger partial charge is 0.410 e. The molecular formula is C45H46ClF3N8O6. The summed E-state index contributed by atoms with van der Waals surface area (Å²) in [6, 6.07) is 12.7. The van der Waals surface area contributed by atoms with Gasteiger partial charge in [-0.3, -0.25) is 14.3 Å². The van der Waals surface area contributed by atoms with Crippen molar-refractivity contribution in [3.63, 3.8) is 0 Å². The number of hydrogen-bond acceptors (Lipinski definition) is 11. The molecule has 1 atom stereocenters. The Balaban J connectivity index is 0.00000214. The fourth-order valence-electron chi connectivity index (χ4n) is 7.16. The van der Waals surface area contributed by atoms with Gasteiger partial charge < -0.3 is 24.7 Å². The van der Waals surface area contributed by atoms with Gasteiger partial charge >= 0.3 is 17.5 Å². The number of anilines is 1. The number of benzene rings is 3. The lowest BCUT2D eigenvalue weighted by molar-refractivity contribution is 0.0300. The van der Waals surface area contributed by atoms with E-state index in [0.717, 1.165) is 14.7 Å². The number of carbonyl (C=O) groups is 2. The molecule has 1 aliphatic heterocycles. The van der Waals surface area contributed by atoms with Crippen LogP contribution in [0.2, 0.25) is 0 Å². The topological polar surface area (TPSA) is 144 Å². The molecule has 3 heterocycles. The number of methoxy groups -OCH3 is 1. The number of hydrazine groups is 1. The lowest BCUT2D eigenvalue weighted by atomic mass is 9.90. The molecule has 0 spiro atoms. The molecule has 7 rings (SSSR count). The van der Waals surface area contributed by atoms with Gasteiger partial charge in [0.2, 0.25) is 5.95 Å². The highest BCUT2D eigenvalue weighted by molar-refractivity contribution is 6.32. The second-order valence-corrected chi connectivity index (χ2v) is 16.2. The number of likely N-dealkylation sites (N-methyl/N-ethyl adjacent to an activating group) is 1. The predicted octanol–water partition coefficient (Wildman–Crippen LogP) is 7.25. The van der Waals surface area contributed by atoms with Crippen LogP contribution in [0.3, 0.4) is 0 Å². The van der Waals surface area contributed by atoms with E-state index in [1.807, 2.05) is 30.3 Å². The third-order valence-corrected chi connectivity index (χ3v) is 10.5. The highest BCUT2D eigenvalue weighted by atomic mass is 35.5. The Morgan fingerprint density at radius 2 is 1.70 bits per heavy atom. The van der Waals surface area contributed by atoms with Gasteiger partial charge in [0.15, 0.2) is 11.6 Å². The minimum Gasteiger partial charge on any atom is -0.444 e. The van der Waals surface area contributed by atoms with Gasteiger partial charge in [-0.1, -0.05) is 48.0 Å². The predicted molar refractivity (Wildman–Crippen MR) is 234 cm³/mol. The van der Waals surface area contributed by atoms with Crippen molar-refractivity contribution in [2.24, 2.45) is 0 Å². The lowest BCUT2D eigenvalue weighted by Crippen LogP contribution is -2.42. The number of fused-ring (bicyclic) bond motifs is 2. The molecule has 1 N–H and O–H groups in total. The summed E-state index contributed by atoms with van der Waals surface area (Å²) >= 11 is 7.00. The fourth-order valence-corrected chi connectivity index (χ4v) is 7.44. The zero-order valence-corrected chi connectivity index (χ0v) is 36.6. The number of rotatable bonds is 10. The molecule has 14 nitrogen and oxygen atoms in total. The molecular weight excluding hydrogens is 841 g/mol. The van der Waals surface area contributed by atoms with E-state index in [4.69, 9.17) is 16.3 Å². The number of nitrogens with zero attached hydrogens (tertiary/aromatic N) is 7. The van der Waals surface area contributed by atoms with Crippen LogP contribution in [0, 0.1) is 17.5 Å². The SMILES string of the molecule is CN(CCC1=C(Nc2nc(=O)n(-c3cncc4cccc(-c5cccc(C=O)c5)c34)c(=O)n2Cc2cc(F)c(F)cc2F)C(Cl)=CC2C1=CN(C)N2C)C(=O)OC(C)(C)C.COC. The molecule has 0 saturated heterocycles. The van der Waals surface area contributed by atoms with Crippen LogP contribution in [0.1, 0.15) is 43.1 Å². The molecule has 63 heavy (non-hydrogen) atoms. The number of carbonyl (C=O) groups excluding carboxylic acids is 2. The molecule has 0 radical (unpaired) electrons. The third kappa shape index (κ3) is 9.75. The molecule has 2 aromatic heterocycles. The van der Waals surface area contributed by atoms with Crippen LogP contribution in [0.25, 0.3) is 27.6 Å². The fraction of sp³-hybridized carbons (Fsp3) is 0.289. The standard InChI is InChI=1S/C43H40ClF3N8O5.C2H6O/c1-43(2,3)60-42(59)51(4)14-13-29-30-22-52(5)53(6)35(30)17-31(44)38(29)49-39-50-40(57)55(41(58)54(39)21-27-16-33(46)34(47)18-32(27)45)36-20-48-19-26-11-8-12-28(37(26)36)25-10-7-9-24(15-25)23-56;1-3-2/h7-12,15-20,22-23,35H,13-14,21H2,1-6H3,(H,49,50,57);1-2H3. The molecule has 330 valence electrons. The van der Waals surface area contributed by atoms with Gasteiger partial charge in [-0.05, 0) is 67.7 Å². The molecule has 5 aromatic rings. The zero-order chi connectivity index (χ0) is 45.9. The Morgan fingerprint density at radius 3 is 2.40 bits per heavy atom. The Bertz CT molecular complexity index is 2810. The number of ether oxygens (including phenoxy) is 2. The molecule has 1 amide bonds. The Labute approximate surface area is 366 Å². The quantitative estimate of drug-likeness (QED) is 0.112. The summed E-state index contributed by atoms with van der Waals surface area (Å²) in [5, 5.41) is 7.96. The van der Waals surface area contributed by atoms with Crippen molar-refractivity contribution in [2.45, 2.75) is 45.4 Å². The summed E-state index contributed by atoms with van der Waals surface area (Å²) in [6.07, 6.45) is 6.82. The maximum atomic E-state index is 15.4. The van der Waals surface area contributed by atoms with E-state index in [1.165, 1.54) is 11.1 Å². The summed E-state index contributed by atoms with van der Waals surface area (Å²) in [7, 11) is 8.54. The van der Waals surface area contributed by atoms with E-state index in [1.54, 1.807) is 96.8 Å². The summed E-state index contributed by atoms with van der Waals surface area (Å²) in [5.41, 5.74) is -0.0819. The number of aromatic nitrogens is 4. The zero-order valence-electron chi connectivity index (χ0n) is 35.9. The monoisotopic (exact) mass is 886 g/mol. The van der Waals surface area contributed by atoms with Crippen molar-refractivity contribution in [3.05, 3.63) is 151 Å². The minimum absolute atomic E-state index is 0.0128. The van der Waals surface area contributed by atoms with Gasteiger partial charge in [0, 0.05) is 82.3 Å². The molecule has 18 heteroatoms. The van der Waals surface area contributed by atoms with Crippen LogP contribution < -0.4 is 16.7 Å². The Kier molecular flexibility index (Phi) is 13.7. The van der Waals surface area contributed by atoms with Gasteiger partial charge in [-0.25, -0.2) is 37.1 Å². The van der Waals surface area contributed by atoms with E-state index in [-0.39, 0.29) is 35.4 Å². The molecule has 0 fully saturated rings. The summed E-state index contributed by atoms with van der Waals surface area (Å²) < 4.78 is 55.6. The first-order valence-corrected chi connectivity index (χ1v) is 19.9. The van der Waals surface area contributed by atoms with Crippen molar-refractivity contribution in [2.75, 3.05) is 47.2 Å². The van der Waals surface area contributed by atoms with Crippen LogP contribution in [0.15, 0.2) is 111 Å². The highest BCUT2D eigenvalue weighted by Crippen LogP contribution is 2.40. The van der Waals surface area contributed by atoms with E-state index in [0.29, 0.717) is 51.5 Å². The van der Waals surface area contributed by atoms with Crippen molar-refractivity contribution in [3.8, 4) is 16.8 Å². The van der Waals surface area contributed by atoms with E-state index in [2.05, 4.69) is 20.0 Å².